The van der Waals surface area contributed by atoms with E-state index in [1.54, 1.807) is 0 Å². The molecular formula is C20H20N4O. The Labute approximate surface area is 146 Å². The predicted molar refractivity (Wildman–Crippen MR) is 94.8 cm³/mol. The molecule has 5 heteroatoms. The van der Waals surface area contributed by atoms with Crippen LogP contribution in [0.4, 0.5) is 0 Å². The highest BCUT2D eigenvalue weighted by molar-refractivity contribution is 5.83. The van der Waals surface area contributed by atoms with Gasteiger partial charge in [0.25, 0.3) is 0 Å². The van der Waals surface area contributed by atoms with E-state index in [1.165, 1.54) is 5.56 Å². The molecule has 1 aliphatic rings. The van der Waals surface area contributed by atoms with Gasteiger partial charge in [-0.3, -0.25) is 9.89 Å². The van der Waals surface area contributed by atoms with Gasteiger partial charge in [-0.2, -0.15) is 5.10 Å². The van der Waals surface area contributed by atoms with E-state index >= 15 is 0 Å². The van der Waals surface area contributed by atoms with E-state index in [-0.39, 0.29) is 17.9 Å². The van der Waals surface area contributed by atoms with Gasteiger partial charge < -0.3 is 5.32 Å². The molecule has 25 heavy (non-hydrogen) atoms. The maximum Gasteiger partial charge on any atom is 0.224 e. The van der Waals surface area contributed by atoms with Gasteiger partial charge in [0, 0.05) is 5.92 Å². The zero-order chi connectivity index (χ0) is 17.2. The lowest BCUT2D eigenvalue weighted by atomic mass is 10.1. The van der Waals surface area contributed by atoms with Gasteiger partial charge in [-0.05, 0) is 30.4 Å². The van der Waals surface area contributed by atoms with Gasteiger partial charge in [0.1, 0.15) is 11.9 Å². The van der Waals surface area contributed by atoms with Crippen LogP contribution in [0.25, 0.3) is 0 Å². The Bertz CT molecular complexity index is 860. The topological polar surface area (TPSA) is 70.7 Å². The van der Waals surface area contributed by atoms with Crippen molar-refractivity contribution in [2.45, 2.75) is 25.3 Å². The minimum atomic E-state index is -0.337. The molecule has 1 aliphatic carbocycles. The first kappa shape index (κ1) is 15.6. The first-order valence-electron chi connectivity index (χ1n) is 8.51. The predicted octanol–water partition coefficient (Wildman–Crippen LogP) is 3.12. The minimum absolute atomic E-state index is 0.0219. The Hall–Kier alpha value is -2.95. The molecule has 5 nitrogen and oxygen atoms in total. The minimum Gasteiger partial charge on any atom is -0.342 e. The molecule has 2 N–H and O–H groups in total. The number of rotatable bonds is 5. The van der Waals surface area contributed by atoms with Gasteiger partial charge in [-0.1, -0.05) is 60.7 Å². The van der Waals surface area contributed by atoms with E-state index in [2.05, 4.69) is 32.6 Å². The first-order valence-corrected chi connectivity index (χ1v) is 8.51. The van der Waals surface area contributed by atoms with Crippen molar-refractivity contribution in [2.75, 3.05) is 0 Å². The zero-order valence-corrected chi connectivity index (χ0v) is 14.0. The number of carbonyl (C=O) groups excluding carboxylic acids is 1. The van der Waals surface area contributed by atoms with E-state index < -0.39 is 0 Å². The van der Waals surface area contributed by atoms with Crippen LogP contribution in [0.5, 0.6) is 0 Å². The lowest BCUT2D eigenvalue weighted by Crippen LogP contribution is -2.31. The van der Waals surface area contributed by atoms with Crippen molar-refractivity contribution in [3.63, 3.8) is 0 Å². The summed E-state index contributed by atoms with van der Waals surface area (Å²) >= 11 is 0. The molecule has 2 aromatic carbocycles. The summed E-state index contributed by atoms with van der Waals surface area (Å²) in [6.07, 6.45) is 0.893. The van der Waals surface area contributed by atoms with Crippen LogP contribution in [-0.2, 0) is 4.79 Å². The molecule has 0 saturated heterocycles. The van der Waals surface area contributed by atoms with Crippen molar-refractivity contribution in [3.05, 3.63) is 83.4 Å². The second-order valence-electron chi connectivity index (χ2n) is 6.49. The highest BCUT2D eigenvalue weighted by Gasteiger charge is 2.44. The van der Waals surface area contributed by atoms with Crippen molar-refractivity contribution in [1.29, 1.82) is 0 Å². The highest BCUT2D eigenvalue weighted by atomic mass is 16.2. The first-order chi connectivity index (χ1) is 12.2. The normalized spacial score (nSPS) is 20.0. The van der Waals surface area contributed by atoms with E-state index in [0.29, 0.717) is 11.7 Å². The molecule has 1 heterocycles. The molecule has 0 radical (unpaired) electrons. The number of hydrogen-bond donors (Lipinski definition) is 2. The van der Waals surface area contributed by atoms with E-state index in [4.69, 9.17) is 0 Å². The lowest BCUT2D eigenvalue weighted by Gasteiger charge is -2.16. The largest absolute Gasteiger partial charge is 0.342 e. The van der Waals surface area contributed by atoms with Crippen molar-refractivity contribution in [2.24, 2.45) is 5.92 Å². The van der Waals surface area contributed by atoms with Gasteiger partial charge in [0.15, 0.2) is 5.82 Å². The maximum atomic E-state index is 12.8. The van der Waals surface area contributed by atoms with Crippen molar-refractivity contribution >= 4 is 5.91 Å². The Morgan fingerprint density at radius 2 is 1.80 bits per heavy atom. The number of aryl methyl sites for hydroxylation is 1. The second kappa shape index (κ2) is 6.51. The molecule has 1 fully saturated rings. The summed E-state index contributed by atoms with van der Waals surface area (Å²) in [6, 6.07) is 19.7. The Morgan fingerprint density at radius 1 is 1.12 bits per heavy atom. The SMILES string of the molecule is Cc1nc([C@H](NC(=O)[C@@H]2C[C@@H]2c2ccccc2)c2ccccc2)n[nH]1. The number of aromatic nitrogens is 3. The Kier molecular flexibility index (Phi) is 4.06. The van der Waals surface area contributed by atoms with Gasteiger partial charge in [0.05, 0.1) is 0 Å². The molecule has 0 unspecified atom stereocenters. The van der Waals surface area contributed by atoms with E-state index in [9.17, 15) is 4.79 Å². The molecule has 1 saturated carbocycles. The fraction of sp³-hybridized carbons (Fsp3) is 0.250. The zero-order valence-electron chi connectivity index (χ0n) is 14.0. The summed E-state index contributed by atoms with van der Waals surface area (Å²) in [6.45, 7) is 1.85. The summed E-state index contributed by atoms with van der Waals surface area (Å²) in [5.41, 5.74) is 2.21. The van der Waals surface area contributed by atoms with Gasteiger partial charge >= 0.3 is 0 Å². The molecule has 1 aromatic heterocycles. The van der Waals surface area contributed by atoms with Crippen LogP contribution in [-0.4, -0.2) is 21.1 Å². The maximum absolute atomic E-state index is 12.8. The summed E-state index contributed by atoms with van der Waals surface area (Å²) in [7, 11) is 0. The number of H-pyrrole nitrogens is 1. The average Bonchev–Trinajstić information content (AvgIpc) is 3.35. The van der Waals surface area contributed by atoms with Crippen LogP contribution < -0.4 is 5.32 Å². The molecule has 0 spiro atoms. The summed E-state index contributed by atoms with van der Waals surface area (Å²) in [5, 5.41) is 10.3. The van der Waals surface area contributed by atoms with E-state index in [0.717, 1.165) is 17.8 Å². The Morgan fingerprint density at radius 3 is 2.44 bits per heavy atom. The summed E-state index contributed by atoms with van der Waals surface area (Å²) in [4.78, 5) is 17.2. The third-order valence-corrected chi connectivity index (χ3v) is 4.65. The van der Waals surface area contributed by atoms with E-state index in [1.807, 2.05) is 55.5 Å². The highest BCUT2D eigenvalue weighted by Crippen LogP contribution is 2.47. The second-order valence-corrected chi connectivity index (χ2v) is 6.49. The fourth-order valence-electron chi connectivity index (χ4n) is 3.23. The lowest BCUT2D eigenvalue weighted by molar-refractivity contribution is -0.123. The monoisotopic (exact) mass is 332 g/mol. The molecule has 3 atom stereocenters. The van der Waals surface area contributed by atoms with Crippen LogP contribution in [0.3, 0.4) is 0 Å². The third kappa shape index (κ3) is 3.31. The Balaban J connectivity index is 1.52. The molecule has 0 bridgehead atoms. The number of nitrogens with one attached hydrogen (secondary N) is 2. The molecule has 1 amide bonds. The van der Waals surface area contributed by atoms with Crippen molar-refractivity contribution in [1.82, 2.24) is 20.5 Å². The molecule has 126 valence electrons. The smallest absolute Gasteiger partial charge is 0.224 e. The quantitative estimate of drug-likeness (QED) is 0.754. The van der Waals surface area contributed by atoms with Gasteiger partial charge in [-0.15, -0.1) is 0 Å². The summed E-state index contributed by atoms with van der Waals surface area (Å²) < 4.78 is 0. The standard InChI is InChI=1S/C20H20N4O/c1-13-21-19(24-23-13)18(15-10-6-3-7-11-15)22-20(25)17-12-16(17)14-8-4-2-5-9-14/h2-11,16-18H,12H2,1H3,(H,22,25)(H,21,23,24)/t16-,17-,18-/m1/s1. The fourth-order valence-corrected chi connectivity index (χ4v) is 3.23. The number of carbonyl (C=O) groups is 1. The summed E-state index contributed by atoms with van der Waals surface area (Å²) in [5.74, 6) is 1.72. The van der Waals surface area contributed by atoms with Gasteiger partial charge in [-0.25, -0.2) is 4.98 Å². The molecule has 4 rings (SSSR count). The van der Waals surface area contributed by atoms with Crippen molar-refractivity contribution < 1.29 is 4.79 Å². The number of aromatic amines is 1. The third-order valence-electron chi connectivity index (χ3n) is 4.65. The van der Waals surface area contributed by atoms with Crippen LogP contribution >= 0.6 is 0 Å². The van der Waals surface area contributed by atoms with Gasteiger partial charge in [0.2, 0.25) is 5.91 Å². The van der Waals surface area contributed by atoms with Crippen LogP contribution in [0.2, 0.25) is 0 Å². The molecule has 0 aliphatic heterocycles. The van der Waals surface area contributed by atoms with Crippen molar-refractivity contribution in [3.8, 4) is 0 Å². The molecule has 3 aromatic rings. The number of benzene rings is 2. The van der Waals surface area contributed by atoms with Crippen LogP contribution in [0.1, 0.15) is 41.2 Å². The number of hydrogen-bond acceptors (Lipinski definition) is 3. The number of amides is 1. The molecular weight excluding hydrogens is 312 g/mol. The number of nitrogens with zero attached hydrogens (tertiary/aromatic N) is 2. The van der Waals surface area contributed by atoms with Crippen LogP contribution in [0.15, 0.2) is 60.7 Å². The van der Waals surface area contributed by atoms with Crippen LogP contribution in [0, 0.1) is 12.8 Å². The average molecular weight is 332 g/mol.